The van der Waals surface area contributed by atoms with Crippen molar-refractivity contribution in [3.8, 4) is 0 Å². The molecule has 1 aromatic rings. The molecule has 2 aliphatic carbocycles. The molecule has 29 heavy (non-hydrogen) atoms. The second-order valence-corrected chi connectivity index (χ2v) is 8.98. The number of likely N-dealkylation sites (tertiary alicyclic amines) is 1. The molecule has 3 heteroatoms. The van der Waals surface area contributed by atoms with Crippen LogP contribution in [0.1, 0.15) is 58.4 Å². The molecule has 0 aromatic heterocycles. The van der Waals surface area contributed by atoms with Gasteiger partial charge in [-0.2, -0.15) is 0 Å². The summed E-state index contributed by atoms with van der Waals surface area (Å²) in [5, 5.41) is 0. The lowest BCUT2D eigenvalue weighted by atomic mass is 9.79. The smallest absolute Gasteiger partial charge is 0.180 e. The van der Waals surface area contributed by atoms with Gasteiger partial charge in [0, 0.05) is 13.5 Å². The van der Waals surface area contributed by atoms with Gasteiger partial charge in [-0.05, 0) is 63.8 Å². The van der Waals surface area contributed by atoms with Crippen LogP contribution in [0.25, 0.3) is 0 Å². The summed E-state index contributed by atoms with van der Waals surface area (Å²) in [6.45, 7) is 5.36. The number of carbonyl (C=O) groups is 1. The van der Waals surface area contributed by atoms with Crippen molar-refractivity contribution in [3.63, 3.8) is 0 Å². The van der Waals surface area contributed by atoms with Crippen LogP contribution in [-0.4, -0.2) is 55.4 Å². The Morgan fingerprint density at radius 2 is 1.79 bits per heavy atom. The van der Waals surface area contributed by atoms with E-state index in [4.69, 9.17) is 0 Å². The van der Waals surface area contributed by atoms with Gasteiger partial charge in [0.2, 0.25) is 0 Å². The van der Waals surface area contributed by atoms with Crippen molar-refractivity contribution in [2.75, 3.05) is 33.7 Å². The van der Waals surface area contributed by atoms with Gasteiger partial charge in [0.25, 0.3) is 0 Å². The molecular formula is C26H40N2O. The zero-order valence-corrected chi connectivity index (χ0v) is 18.5. The molecule has 1 aromatic carbocycles. The third-order valence-electron chi connectivity index (χ3n) is 6.72. The van der Waals surface area contributed by atoms with E-state index in [1.165, 1.54) is 44.1 Å². The van der Waals surface area contributed by atoms with E-state index in [0.29, 0.717) is 17.6 Å². The third-order valence-corrected chi connectivity index (χ3v) is 6.72. The van der Waals surface area contributed by atoms with Gasteiger partial charge in [-0.15, -0.1) is 0 Å². The first-order valence-electron chi connectivity index (χ1n) is 11.5. The monoisotopic (exact) mass is 396 g/mol. The minimum atomic E-state index is 0. The fourth-order valence-electron chi connectivity index (χ4n) is 4.69. The lowest BCUT2D eigenvalue weighted by Crippen LogP contribution is -2.46. The van der Waals surface area contributed by atoms with Crippen LogP contribution >= 0.6 is 0 Å². The SMILES string of the molecule is CCN(C)C.O=C(C1=CC=C1)[C@@H](C1CCCCC1)N1CC[C@@H](c2ccccc2)C1.[HH]. The highest BCUT2D eigenvalue weighted by Crippen LogP contribution is 2.36. The molecule has 2 fully saturated rings. The van der Waals surface area contributed by atoms with Gasteiger partial charge in [-0.25, -0.2) is 0 Å². The van der Waals surface area contributed by atoms with Crippen LogP contribution in [-0.2, 0) is 4.79 Å². The van der Waals surface area contributed by atoms with Gasteiger partial charge in [-0.1, -0.05) is 74.7 Å². The summed E-state index contributed by atoms with van der Waals surface area (Å²) in [5.41, 5.74) is 2.37. The summed E-state index contributed by atoms with van der Waals surface area (Å²) in [7, 11) is 4.11. The molecule has 1 saturated heterocycles. The molecule has 0 N–H and O–H groups in total. The van der Waals surface area contributed by atoms with Crippen LogP contribution in [0.15, 0.2) is 54.1 Å². The second-order valence-electron chi connectivity index (χ2n) is 8.98. The van der Waals surface area contributed by atoms with Gasteiger partial charge in [0.15, 0.2) is 5.78 Å². The zero-order valence-electron chi connectivity index (χ0n) is 18.5. The quantitative estimate of drug-likeness (QED) is 0.651. The Balaban J connectivity index is 0.000000482. The minimum absolute atomic E-state index is 0. The van der Waals surface area contributed by atoms with Crippen molar-refractivity contribution >= 4 is 5.78 Å². The lowest BCUT2D eigenvalue weighted by molar-refractivity contribution is -0.122. The second kappa shape index (κ2) is 10.9. The fourth-order valence-corrected chi connectivity index (χ4v) is 4.69. The largest absolute Gasteiger partial charge is 0.310 e. The van der Waals surface area contributed by atoms with Crippen molar-refractivity contribution < 1.29 is 6.22 Å². The number of rotatable bonds is 6. The first-order chi connectivity index (χ1) is 14.1. The summed E-state index contributed by atoms with van der Waals surface area (Å²) in [5.74, 6) is 1.50. The standard InChI is InChI=1S/C22H27NO.C4H11N.H2/c24-22(19-12-7-13-19)21(18-10-5-2-6-11-18)23-15-14-20(16-23)17-8-3-1-4-9-17;1-4-5(2)3;/h1,3-4,7-9,12-13,18,20-21H,2,5-6,10-11,14-16H2;4H2,1-3H3;1H/t20-,21-;;/m1../s1. The first-order valence-corrected chi connectivity index (χ1v) is 11.5. The van der Waals surface area contributed by atoms with E-state index in [1.807, 2.05) is 18.2 Å². The van der Waals surface area contributed by atoms with E-state index in [-0.39, 0.29) is 7.47 Å². The highest BCUT2D eigenvalue weighted by Gasteiger charge is 2.39. The van der Waals surface area contributed by atoms with Crippen LogP contribution in [0.2, 0.25) is 0 Å². The predicted molar refractivity (Wildman–Crippen MR) is 124 cm³/mol. The lowest BCUT2D eigenvalue weighted by Gasteiger charge is -2.36. The normalized spacial score (nSPS) is 23.2. The van der Waals surface area contributed by atoms with E-state index >= 15 is 0 Å². The molecule has 0 radical (unpaired) electrons. The summed E-state index contributed by atoms with van der Waals surface area (Å²) in [6.07, 6.45) is 13.5. The Kier molecular flexibility index (Phi) is 8.26. The fraction of sp³-hybridized carbons (Fsp3) is 0.577. The van der Waals surface area contributed by atoms with E-state index < -0.39 is 0 Å². The average molecular weight is 397 g/mol. The van der Waals surface area contributed by atoms with Crippen LogP contribution < -0.4 is 0 Å². The third kappa shape index (κ3) is 5.90. The Morgan fingerprint density at radius 3 is 2.34 bits per heavy atom. The molecule has 1 aliphatic heterocycles. The van der Waals surface area contributed by atoms with Crippen molar-refractivity contribution in [1.82, 2.24) is 9.80 Å². The van der Waals surface area contributed by atoms with E-state index in [9.17, 15) is 4.79 Å². The number of allylic oxidation sites excluding steroid dienone is 3. The van der Waals surface area contributed by atoms with Crippen LogP contribution in [0.4, 0.5) is 0 Å². The number of hydrogen-bond donors (Lipinski definition) is 0. The Labute approximate surface area is 179 Å². The molecule has 0 amide bonds. The summed E-state index contributed by atoms with van der Waals surface area (Å²) in [4.78, 5) is 17.7. The number of Topliss-reactive ketones (excluding diaryl/α,β-unsaturated/α-hetero) is 1. The number of hydrogen-bond acceptors (Lipinski definition) is 3. The number of ketones is 1. The molecule has 0 bridgehead atoms. The molecule has 160 valence electrons. The highest BCUT2D eigenvalue weighted by molar-refractivity contribution is 6.04. The van der Waals surface area contributed by atoms with Crippen molar-refractivity contribution in [2.24, 2.45) is 5.92 Å². The zero-order chi connectivity index (χ0) is 20.6. The summed E-state index contributed by atoms with van der Waals surface area (Å²) < 4.78 is 0. The van der Waals surface area contributed by atoms with Crippen LogP contribution in [0, 0.1) is 5.92 Å². The maximum Gasteiger partial charge on any atom is 0.180 e. The maximum atomic E-state index is 13.1. The number of carbonyl (C=O) groups excluding carboxylic acids is 1. The molecule has 4 rings (SSSR count). The average Bonchev–Trinajstić information content (AvgIpc) is 3.18. The Bertz CT molecular complexity index is 707. The van der Waals surface area contributed by atoms with Crippen LogP contribution in [0.5, 0.6) is 0 Å². The summed E-state index contributed by atoms with van der Waals surface area (Å²) >= 11 is 0. The van der Waals surface area contributed by atoms with Gasteiger partial charge >= 0.3 is 0 Å². The summed E-state index contributed by atoms with van der Waals surface area (Å²) in [6, 6.07) is 10.9. The molecule has 0 spiro atoms. The minimum Gasteiger partial charge on any atom is -0.310 e. The van der Waals surface area contributed by atoms with E-state index in [0.717, 1.165) is 25.2 Å². The Hall–Kier alpha value is -1.71. The Morgan fingerprint density at radius 1 is 1.14 bits per heavy atom. The van der Waals surface area contributed by atoms with Gasteiger partial charge in [0.1, 0.15) is 0 Å². The van der Waals surface area contributed by atoms with Crippen molar-refractivity contribution in [3.05, 3.63) is 59.7 Å². The predicted octanol–water partition coefficient (Wildman–Crippen LogP) is 5.30. The topological polar surface area (TPSA) is 23.6 Å². The van der Waals surface area contributed by atoms with E-state index in [1.54, 1.807) is 0 Å². The van der Waals surface area contributed by atoms with Gasteiger partial charge in [-0.3, -0.25) is 9.69 Å². The number of benzene rings is 1. The van der Waals surface area contributed by atoms with Crippen LogP contribution in [0.3, 0.4) is 0 Å². The first kappa shape index (κ1) is 22.0. The molecule has 3 nitrogen and oxygen atoms in total. The molecule has 3 aliphatic rings. The molecule has 0 unspecified atom stereocenters. The molecule has 1 saturated carbocycles. The van der Waals surface area contributed by atoms with Gasteiger partial charge in [0.05, 0.1) is 6.04 Å². The van der Waals surface area contributed by atoms with Crippen molar-refractivity contribution in [2.45, 2.75) is 57.4 Å². The molecular weight excluding hydrogens is 356 g/mol. The number of nitrogens with zero attached hydrogens (tertiary/aromatic N) is 2. The molecule has 1 heterocycles. The maximum absolute atomic E-state index is 13.1. The van der Waals surface area contributed by atoms with E-state index in [2.05, 4.69) is 61.2 Å². The van der Waals surface area contributed by atoms with Gasteiger partial charge < -0.3 is 4.90 Å². The molecule has 2 atom stereocenters. The highest BCUT2D eigenvalue weighted by atomic mass is 16.1. The van der Waals surface area contributed by atoms with Crippen molar-refractivity contribution in [1.29, 1.82) is 0 Å².